The molecule has 2 aromatic rings. The summed E-state index contributed by atoms with van der Waals surface area (Å²) in [5, 5.41) is 9.52. The summed E-state index contributed by atoms with van der Waals surface area (Å²) in [6.07, 6.45) is 2.35. The number of nitrogens with one attached hydrogen (secondary N) is 2. The number of rotatable bonds is 4. The van der Waals surface area contributed by atoms with E-state index in [9.17, 15) is 14.7 Å². The fourth-order valence-electron chi connectivity index (χ4n) is 1.71. The molecule has 108 valence electrons. The minimum absolute atomic E-state index is 0.0996. The highest BCUT2D eigenvalue weighted by molar-refractivity contribution is 5.97. The summed E-state index contributed by atoms with van der Waals surface area (Å²) in [6.45, 7) is 0. The average Bonchev–Trinajstić information content (AvgIpc) is 2.52. The number of amides is 2. The van der Waals surface area contributed by atoms with Gasteiger partial charge in [-0.05, 0) is 30.7 Å². The minimum atomic E-state index is -0.570. The van der Waals surface area contributed by atoms with Crippen molar-refractivity contribution >= 4 is 11.8 Å². The van der Waals surface area contributed by atoms with Gasteiger partial charge in [0.1, 0.15) is 5.75 Å². The van der Waals surface area contributed by atoms with E-state index in [4.69, 9.17) is 0 Å². The van der Waals surface area contributed by atoms with Crippen molar-refractivity contribution in [2.75, 3.05) is 0 Å². The minimum Gasteiger partial charge on any atom is -0.507 e. The van der Waals surface area contributed by atoms with E-state index in [2.05, 4.69) is 15.8 Å². The Hall–Kier alpha value is -2.89. The van der Waals surface area contributed by atoms with E-state index >= 15 is 0 Å². The lowest BCUT2D eigenvalue weighted by Gasteiger charge is -2.08. The first-order valence-electron chi connectivity index (χ1n) is 6.44. The normalized spacial score (nSPS) is 9.90. The van der Waals surface area contributed by atoms with Gasteiger partial charge in [0.05, 0.1) is 5.56 Å². The van der Waals surface area contributed by atoms with Crippen molar-refractivity contribution in [3.63, 3.8) is 0 Å². The lowest BCUT2D eigenvalue weighted by molar-refractivity contribution is -0.121. The molecule has 0 aliphatic rings. The van der Waals surface area contributed by atoms with Crippen molar-refractivity contribution in [1.29, 1.82) is 0 Å². The Morgan fingerprint density at radius 1 is 1.05 bits per heavy atom. The first kappa shape index (κ1) is 14.5. The van der Waals surface area contributed by atoms with Gasteiger partial charge >= 0.3 is 0 Å². The zero-order valence-electron chi connectivity index (χ0n) is 11.2. The summed E-state index contributed by atoms with van der Waals surface area (Å²) >= 11 is 0. The van der Waals surface area contributed by atoms with Gasteiger partial charge in [-0.15, -0.1) is 0 Å². The first-order valence-corrected chi connectivity index (χ1v) is 6.44. The van der Waals surface area contributed by atoms with E-state index in [0.717, 1.165) is 5.69 Å². The molecule has 0 saturated carbocycles. The third-order valence-electron chi connectivity index (χ3n) is 2.80. The number of nitrogens with zero attached hydrogens (tertiary/aromatic N) is 1. The number of benzene rings is 1. The van der Waals surface area contributed by atoms with Crippen molar-refractivity contribution in [3.05, 3.63) is 59.9 Å². The Labute approximate surface area is 121 Å². The molecule has 3 N–H and O–H groups in total. The fourth-order valence-corrected chi connectivity index (χ4v) is 1.71. The number of hydrogen-bond donors (Lipinski definition) is 3. The highest BCUT2D eigenvalue weighted by Crippen LogP contribution is 2.14. The second kappa shape index (κ2) is 7.04. The number of carbonyl (C=O) groups excluding carboxylic acids is 2. The molecule has 21 heavy (non-hydrogen) atoms. The molecule has 0 aliphatic heterocycles. The maximum atomic E-state index is 11.7. The molecule has 0 unspecified atom stereocenters. The summed E-state index contributed by atoms with van der Waals surface area (Å²) in [5.74, 6) is -1.04. The SMILES string of the molecule is O=C(CCc1ccccn1)NNC(=O)c1ccccc1O. The molecule has 0 aliphatic carbocycles. The standard InChI is InChI=1S/C15H15N3O3/c19-13-7-2-1-6-12(13)15(21)18-17-14(20)9-8-11-5-3-4-10-16-11/h1-7,10,19H,8-9H2,(H,17,20)(H,18,21). The molecule has 6 nitrogen and oxygen atoms in total. The molecule has 6 heteroatoms. The number of hydrazine groups is 1. The van der Waals surface area contributed by atoms with Crippen LogP contribution in [0.3, 0.4) is 0 Å². The van der Waals surface area contributed by atoms with Crippen LogP contribution in [0, 0.1) is 0 Å². The molecule has 0 fully saturated rings. The van der Waals surface area contributed by atoms with Crippen LogP contribution in [-0.4, -0.2) is 21.9 Å². The largest absolute Gasteiger partial charge is 0.507 e. The van der Waals surface area contributed by atoms with Crippen molar-refractivity contribution in [1.82, 2.24) is 15.8 Å². The molecular weight excluding hydrogens is 270 g/mol. The Kier molecular flexibility index (Phi) is 4.87. The number of phenols is 1. The molecule has 1 aromatic heterocycles. The number of aryl methyl sites for hydroxylation is 1. The van der Waals surface area contributed by atoms with E-state index in [-0.39, 0.29) is 23.6 Å². The van der Waals surface area contributed by atoms with Crippen LogP contribution in [0.5, 0.6) is 5.75 Å². The van der Waals surface area contributed by atoms with Crippen LogP contribution in [0.1, 0.15) is 22.5 Å². The molecule has 2 rings (SSSR count). The first-order chi connectivity index (χ1) is 10.2. The van der Waals surface area contributed by atoms with Crippen LogP contribution in [0.15, 0.2) is 48.7 Å². The zero-order valence-corrected chi connectivity index (χ0v) is 11.2. The second-order valence-corrected chi connectivity index (χ2v) is 4.34. The van der Waals surface area contributed by atoms with Gasteiger partial charge in [0.25, 0.3) is 5.91 Å². The summed E-state index contributed by atoms with van der Waals surface area (Å²) in [7, 11) is 0. The topological polar surface area (TPSA) is 91.3 Å². The van der Waals surface area contributed by atoms with Crippen LogP contribution in [0.25, 0.3) is 0 Å². The highest BCUT2D eigenvalue weighted by Gasteiger charge is 2.11. The van der Waals surface area contributed by atoms with Crippen LogP contribution >= 0.6 is 0 Å². The van der Waals surface area contributed by atoms with Crippen molar-refractivity contribution in [2.24, 2.45) is 0 Å². The maximum Gasteiger partial charge on any atom is 0.273 e. The van der Waals surface area contributed by atoms with E-state index in [0.29, 0.717) is 6.42 Å². The van der Waals surface area contributed by atoms with Gasteiger partial charge in [-0.3, -0.25) is 25.4 Å². The van der Waals surface area contributed by atoms with E-state index in [1.807, 2.05) is 12.1 Å². The third-order valence-corrected chi connectivity index (χ3v) is 2.80. The Morgan fingerprint density at radius 2 is 1.81 bits per heavy atom. The zero-order chi connectivity index (χ0) is 15.1. The van der Waals surface area contributed by atoms with Crippen LogP contribution in [-0.2, 0) is 11.2 Å². The predicted molar refractivity (Wildman–Crippen MR) is 76.3 cm³/mol. The molecular formula is C15H15N3O3. The molecule has 0 bridgehead atoms. The highest BCUT2D eigenvalue weighted by atomic mass is 16.3. The van der Waals surface area contributed by atoms with Gasteiger partial charge in [-0.1, -0.05) is 18.2 Å². The number of hydrogen-bond acceptors (Lipinski definition) is 4. The quantitative estimate of drug-likeness (QED) is 0.736. The third kappa shape index (κ3) is 4.31. The molecule has 1 heterocycles. The monoisotopic (exact) mass is 285 g/mol. The van der Waals surface area contributed by atoms with Crippen molar-refractivity contribution in [2.45, 2.75) is 12.8 Å². The maximum absolute atomic E-state index is 11.7. The van der Waals surface area contributed by atoms with Gasteiger partial charge in [0, 0.05) is 18.3 Å². The van der Waals surface area contributed by atoms with Gasteiger partial charge in [0.15, 0.2) is 0 Å². The van der Waals surface area contributed by atoms with Crippen molar-refractivity contribution in [3.8, 4) is 5.75 Å². The molecule has 0 atom stereocenters. The lowest BCUT2D eigenvalue weighted by Crippen LogP contribution is -2.41. The molecule has 2 amide bonds. The summed E-state index contributed by atoms with van der Waals surface area (Å²) in [4.78, 5) is 27.5. The van der Waals surface area contributed by atoms with Gasteiger partial charge in [-0.2, -0.15) is 0 Å². The van der Waals surface area contributed by atoms with Crippen LogP contribution in [0.2, 0.25) is 0 Å². The van der Waals surface area contributed by atoms with Gasteiger partial charge in [0.2, 0.25) is 5.91 Å². The second-order valence-electron chi connectivity index (χ2n) is 4.34. The molecule has 0 spiro atoms. The Balaban J connectivity index is 1.79. The molecule has 1 aromatic carbocycles. The number of para-hydroxylation sites is 1. The number of aromatic hydroxyl groups is 1. The summed E-state index contributed by atoms with van der Waals surface area (Å²) in [6, 6.07) is 11.6. The summed E-state index contributed by atoms with van der Waals surface area (Å²) < 4.78 is 0. The average molecular weight is 285 g/mol. The van der Waals surface area contributed by atoms with Crippen LogP contribution < -0.4 is 10.9 Å². The smallest absolute Gasteiger partial charge is 0.273 e. The summed E-state index contributed by atoms with van der Waals surface area (Å²) in [5.41, 5.74) is 5.46. The number of carbonyl (C=O) groups is 2. The lowest BCUT2D eigenvalue weighted by atomic mass is 10.2. The van der Waals surface area contributed by atoms with Gasteiger partial charge < -0.3 is 5.11 Å². The molecule has 0 saturated heterocycles. The van der Waals surface area contributed by atoms with Crippen molar-refractivity contribution < 1.29 is 14.7 Å². The van der Waals surface area contributed by atoms with E-state index in [1.54, 1.807) is 24.4 Å². The van der Waals surface area contributed by atoms with E-state index < -0.39 is 5.91 Å². The number of pyridine rings is 1. The fraction of sp³-hybridized carbons (Fsp3) is 0.133. The van der Waals surface area contributed by atoms with Crippen LogP contribution in [0.4, 0.5) is 0 Å². The molecule has 0 radical (unpaired) electrons. The number of phenolic OH excluding ortho intramolecular Hbond substituents is 1. The predicted octanol–water partition coefficient (Wildman–Crippen LogP) is 1.18. The Bertz CT molecular complexity index is 629. The number of aromatic nitrogens is 1. The van der Waals surface area contributed by atoms with E-state index in [1.165, 1.54) is 12.1 Å². The van der Waals surface area contributed by atoms with Gasteiger partial charge in [-0.25, -0.2) is 0 Å². The Morgan fingerprint density at radius 3 is 2.52 bits per heavy atom.